The maximum atomic E-state index is 5.47. The van der Waals surface area contributed by atoms with E-state index in [-0.39, 0.29) is 4.83 Å². The van der Waals surface area contributed by atoms with E-state index in [0.717, 1.165) is 25.4 Å². The van der Waals surface area contributed by atoms with Crippen molar-refractivity contribution in [1.29, 1.82) is 0 Å². The minimum Gasteiger partial charge on any atom is -0.496 e. The quantitative estimate of drug-likeness (QED) is 0.772. The van der Waals surface area contributed by atoms with Crippen LogP contribution in [0.25, 0.3) is 0 Å². The summed E-state index contributed by atoms with van der Waals surface area (Å²) in [6.07, 6.45) is 0.906. The number of methoxy groups -OCH3 is 1. The van der Waals surface area contributed by atoms with Gasteiger partial charge >= 0.3 is 0 Å². The minimum absolute atomic E-state index is 0.282. The van der Waals surface area contributed by atoms with Gasteiger partial charge < -0.3 is 9.47 Å². The van der Waals surface area contributed by atoms with Gasteiger partial charge in [0.05, 0.1) is 20.3 Å². The van der Waals surface area contributed by atoms with Crippen LogP contribution in [-0.4, -0.2) is 7.11 Å². The first-order valence-corrected chi connectivity index (χ1v) is 7.65. The topological polar surface area (TPSA) is 18.5 Å². The van der Waals surface area contributed by atoms with Gasteiger partial charge in [0.2, 0.25) is 0 Å². The van der Waals surface area contributed by atoms with Crippen LogP contribution in [0, 0.1) is 0 Å². The number of fused-ring (bicyclic) bond motifs is 1. The smallest absolute Gasteiger partial charge is 0.122 e. The summed E-state index contributed by atoms with van der Waals surface area (Å²) in [6.45, 7) is 1.48. The summed E-state index contributed by atoms with van der Waals surface area (Å²) in [5.74, 6) is 0.946. The van der Waals surface area contributed by atoms with Crippen LogP contribution in [0.5, 0.6) is 5.75 Å². The van der Waals surface area contributed by atoms with E-state index in [0.29, 0.717) is 0 Å². The molecule has 1 unspecified atom stereocenters. The lowest BCUT2D eigenvalue weighted by molar-refractivity contribution is 0.134. The molecule has 0 spiro atoms. The Morgan fingerprint density at radius 3 is 2.80 bits per heavy atom. The van der Waals surface area contributed by atoms with E-state index in [1.807, 2.05) is 18.2 Å². The third-order valence-electron chi connectivity index (χ3n) is 3.70. The van der Waals surface area contributed by atoms with Crippen molar-refractivity contribution in [3.8, 4) is 5.75 Å². The predicted octanol–water partition coefficient (Wildman–Crippen LogP) is 4.40. The van der Waals surface area contributed by atoms with E-state index in [2.05, 4.69) is 40.2 Å². The van der Waals surface area contributed by atoms with Gasteiger partial charge in [-0.2, -0.15) is 0 Å². The maximum Gasteiger partial charge on any atom is 0.122 e. The highest BCUT2D eigenvalue weighted by Gasteiger charge is 2.16. The SMILES string of the molecule is COc1ccccc1CC(Br)c1ccc2c(c1)COC2. The Morgan fingerprint density at radius 1 is 1.15 bits per heavy atom. The number of benzene rings is 2. The van der Waals surface area contributed by atoms with E-state index >= 15 is 0 Å². The number of ether oxygens (including phenoxy) is 2. The molecular weight excluding hydrogens is 316 g/mol. The van der Waals surface area contributed by atoms with Crippen LogP contribution >= 0.6 is 15.9 Å². The standard InChI is InChI=1S/C17H17BrO2/c1-19-17-5-3-2-4-13(17)9-16(18)12-6-7-14-10-20-11-15(14)8-12/h2-8,16H,9-11H2,1H3. The van der Waals surface area contributed by atoms with E-state index in [4.69, 9.17) is 9.47 Å². The first kappa shape index (κ1) is 13.7. The molecule has 20 heavy (non-hydrogen) atoms. The minimum atomic E-state index is 0.282. The molecule has 1 aliphatic rings. The first-order chi connectivity index (χ1) is 9.78. The lowest BCUT2D eigenvalue weighted by Crippen LogP contribution is -1.99. The summed E-state index contributed by atoms with van der Waals surface area (Å²) in [6, 6.07) is 14.8. The van der Waals surface area contributed by atoms with Crippen molar-refractivity contribution in [1.82, 2.24) is 0 Å². The molecule has 0 radical (unpaired) electrons. The third-order valence-corrected chi connectivity index (χ3v) is 4.55. The van der Waals surface area contributed by atoms with Gasteiger partial charge in [-0.1, -0.05) is 52.3 Å². The second kappa shape index (κ2) is 5.98. The monoisotopic (exact) mass is 332 g/mol. The van der Waals surface area contributed by atoms with E-state index < -0.39 is 0 Å². The van der Waals surface area contributed by atoms with Gasteiger partial charge in [0.15, 0.2) is 0 Å². The molecule has 2 aromatic carbocycles. The van der Waals surface area contributed by atoms with Gasteiger partial charge in [-0.15, -0.1) is 0 Å². The Labute approximate surface area is 127 Å². The lowest BCUT2D eigenvalue weighted by Gasteiger charge is -2.14. The van der Waals surface area contributed by atoms with Crippen LogP contribution in [0.15, 0.2) is 42.5 Å². The third kappa shape index (κ3) is 2.74. The van der Waals surface area contributed by atoms with E-state index in [1.165, 1.54) is 22.3 Å². The lowest BCUT2D eigenvalue weighted by atomic mass is 10.00. The van der Waals surface area contributed by atoms with Crippen LogP contribution in [0.1, 0.15) is 27.1 Å². The number of para-hydroxylation sites is 1. The van der Waals surface area contributed by atoms with Gasteiger partial charge in [-0.3, -0.25) is 0 Å². The van der Waals surface area contributed by atoms with Crippen molar-refractivity contribution in [2.24, 2.45) is 0 Å². The second-order valence-corrected chi connectivity index (χ2v) is 6.11. The molecule has 0 aromatic heterocycles. The Kier molecular flexibility index (Phi) is 4.08. The van der Waals surface area contributed by atoms with Crippen LogP contribution in [0.3, 0.4) is 0 Å². The van der Waals surface area contributed by atoms with Crippen molar-refractivity contribution in [2.45, 2.75) is 24.5 Å². The molecule has 3 heteroatoms. The summed E-state index contributed by atoms with van der Waals surface area (Å²) >= 11 is 3.80. The molecule has 3 rings (SSSR count). The average Bonchev–Trinajstić information content (AvgIpc) is 2.95. The van der Waals surface area contributed by atoms with Crippen molar-refractivity contribution >= 4 is 15.9 Å². The number of rotatable bonds is 4. The zero-order valence-corrected chi connectivity index (χ0v) is 13.0. The molecule has 2 nitrogen and oxygen atoms in total. The van der Waals surface area contributed by atoms with Crippen molar-refractivity contribution < 1.29 is 9.47 Å². The van der Waals surface area contributed by atoms with Gasteiger partial charge in [0.1, 0.15) is 5.75 Å². The van der Waals surface area contributed by atoms with Gasteiger partial charge in [0.25, 0.3) is 0 Å². The highest BCUT2D eigenvalue weighted by atomic mass is 79.9. The van der Waals surface area contributed by atoms with Crippen LogP contribution in [0.4, 0.5) is 0 Å². The number of halogens is 1. The van der Waals surface area contributed by atoms with Gasteiger partial charge in [0, 0.05) is 4.83 Å². The highest BCUT2D eigenvalue weighted by molar-refractivity contribution is 9.09. The number of hydrogen-bond acceptors (Lipinski definition) is 2. The fourth-order valence-corrected chi connectivity index (χ4v) is 3.20. The first-order valence-electron chi connectivity index (χ1n) is 6.73. The summed E-state index contributed by atoms with van der Waals surface area (Å²) in [5, 5.41) is 0. The molecule has 2 aromatic rings. The molecule has 0 amide bonds. The zero-order chi connectivity index (χ0) is 13.9. The fraction of sp³-hybridized carbons (Fsp3) is 0.294. The molecule has 0 aliphatic carbocycles. The zero-order valence-electron chi connectivity index (χ0n) is 11.4. The van der Waals surface area contributed by atoms with Gasteiger partial charge in [-0.05, 0) is 34.7 Å². The molecule has 1 heterocycles. The van der Waals surface area contributed by atoms with Crippen LogP contribution < -0.4 is 4.74 Å². The van der Waals surface area contributed by atoms with Crippen molar-refractivity contribution in [3.63, 3.8) is 0 Å². The van der Waals surface area contributed by atoms with Crippen molar-refractivity contribution in [3.05, 3.63) is 64.7 Å². The molecule has 1 atom stereocenters. The number of alkyl halides is 1. The molecule has 0 N–H and O–H groups in total. The summed E-state index contributed by atoms with van der Waals surface area (Å²) < 4.78 is 10.9. The average molecular weight is 333 g/mol. The Morgan fingerprint density at radius 2 is 1.95 bits per heavy atom. The Bertz CT molecular complexity index is 610. The van der Waals surface area contributed by atoms with E-state index in [1.54, 1.807) is 7.11 Å². The molecule has 0 saturated carbocycles. The Hall–Kier alpha value is -1.32. The molecule has 1 aliphatic heterocycles. The Balaban J connectivity index is 1.81. The summed E-state index contributed by atoms with van der Waals surface area (Å²) in [7, 11) is 1.72. The van der Waals surface area contributed by atoms with Crippen LogP contribution in [-0.2, 0) is 24.4 Å². The highest BCUT2D eigenvalue weighted by Crippen LogP contribution is 2.33. The molecular formula is C17H17BrO2. The summed E-state index contributed by atoms with van der Waals surface area (Å²) in [5.41, 5.74) is 5.13. The molecule has 0 bridgehead atoms. The van der Waals surface area contributed by atoms with Gasteiger partial charge in [-0.25, -0.2) is 0 Å². The molecule has 104 valence electrons. The van der Waals surface area contributed by atoms with E-state index in [9.17, 15) is 0 Å². The number of hydrogen-bond donors (Lipinski definition) is 0. The largest absolute Gasteiger partial charge is 0.496 e. The predicted molar refractivity (Wildman–Crippen MR) is 83.3 cm³/mol. The fourth-order valence-electron chi connectivity index (χ4n) is 2.57. The molecule has 0 saturated heterocycles. The van der Waals surface area contributed by atoms with Crippen molar-refractivity contribution in [2.75, 3.05) is 7.11 Å². The second-order valence-electron chi connectivity index (χ2n) is 5.00. The maximum absolute atomic E-state index is 5.47. The summed E-state index contributed by atoms with van der Waals surface area (Å²) in [4.78, 5) is 0.282. The van der Waals surface area contributed by atoms with Crippen LogP contribution in [0.2, 0.25) is 0 Å². The molecule has 0 fully saturated rings. The normalized spacial score (nSPS) is 14.9.